The zero-order valence-corrected chi connectivity index (χ0v) is 12.8. The first-order valence-corrected chi connectivity index (χ1v) is 7.23. The Morgan fingerprint density at radius 3 is 1.90 bits per heavy atom. The summed E-state index contributed by atoms with van der Waals surface area (Å²) in [5, 5.41) is 0. The molecule has 0 unspecified atom stereocenters. The molecule has 1 aromatic rings. The highest BCUT2D eigenvalue weighted by Gasteiger charge is 2.20. The van der Waals surface area contributed by atoms with E-state index in [2.05, 4.69) is 26.8 Å². The Hall–Kier alpha value is -1.56. The highest BCUT2D eigenvalue weighted by Crippen LogP contribution is 2.27. The lowest BCUT2D eigenvalue weighted by Gasteiger charge is -2.32. The van der Waals surface area contributed by atoms with Crippen molar-refractivity contribution in [2.45, 2.75) is 20.8 Å². The third kappa shape index (κ3) is 3.30. The fourth-order valence-electron chi connectivity index (χ4n) is 2.17. The first kappa shape index (κ1) is 14.8. The number of nitrogens with zero attached hydrogens (tertiary/aromatic N) is 4. The Labute approximate surface area is 120 Å². The Bertz CT molecular complexity index is 418. The summed E-state index contributed by atoms with van der Waals surface area (Å²) < 4.78 is 11.2. The second-order valence-electron chi connectivity index (χ2n) is 4.92. The zero-order valence-electron chi connectivity index (χ0n) is 12.8. The molecule has 1 saturated heterocycles. The number of rotatable bonds is 5. The minimum Gasteiger partial charge on any atom is -0.478 e. The molecule has 1 aliphatic heterocycles. The maximum atomic E-state index is 5.61. The molecule has 2 rings (SSSR count). The van der Waals surface area contributed by atoms with Crippen LogP contribution in [0, 0.1) is 6.92 Å². The topological polar surface area (TPSA) is 50.7 Å². The molecule has 6 heteroatoms. The average Bonchev–Trinajstić information content (AvgIpc) is 2.44. The molecule has 0 saturated carbocycles. The predicted octanol–water partition coefficient (Wildman–Crippen LogP) is 1.33. The van der Waals surface area contributed by atoms with E-state index < -0.39 is 0 Å². The van der Waals surface area contributed by atoms with Gasteiger partial charge in [-0.25, -0.2) is 0 Å². The van der Waals surface area contributed by atoms with Crippen LogP contribution in [0.3, 0.4) is 0 Å². The molecule has 1 fully saturated rings. The SMILES string of the molecule is CCOc1nc(N2CCN(C)CC2)nc(OCC)c1C. The van der Waals surface area contributed by atoms with Crippen LogP contribution in [0.1, 0.15) is 19.4 Å². The summed E-state index contributed by atoms with van der Waals surface area (Å²) in [7, 11) is 2.13. The predicted molar refractivity (Wildman–Crippen MR) is 78.8 cm³/mol. The van der Waals surface area contributed by atoms with Gasteiger partial charge in [-0.3, -0.25) is 0 Å². The minimum absolute atomic E-state index is 0.589. The molecule has 112 valence electrons. The number of anilines is 1. The van der Waals surface area contributed by atoms with Gasteiger partial charge in [-0.2, -0.15) is 9.97 Å². The number of likely N-dealkylation sites (N-methyl/N-ethyl adjacent to an activating group) is 1. The minimum atomic E-state index is 0.589. The van der Waals surface area contributed by atoms with Crippen molar-refractivity contribution in [1.29, 1.82) is 0 Å². The third-order valence-corrected chi connectivity index (χ3v) is 3.39. The van der Waals surface area contributed by atoms with Gasteiger partial charge in [0.2, 0.25) is 17.7 Å². The van der Waals surface area contributed by atoms with Crippen molar-refractivity contribution in [1.82, 2.24) is 14.9 Å². The maximum absolute atomic E-state index is 5.61. The second-order valence-corrected chi connectivity index (χ2v) is 4.92. The molecule has 20 heavy (non-hydrogen) atoms. The Morgan fingerprint density at radius 2 is 1.45 bits per heavy atom. The monoisotopic (exact) mass is 280 g/mol. The summed E-state index contributed by atoms with van der Waals surface area (Å²) >= 11 is 0. The lowest BCUT2D eigenvalue weighted by atomic mass is 10.3. The number of piperazine rings is 1. The van der Waals surface area contributed by atoms with Gasteiger partial charge in [0.25, 0.3) is 0 Å². The molecule has 0 bridgehead atoms. The van der Waals surface area contributed by atoms with Gasteiger partial charge in [0.05, 0.1) is 18.8 Å². The van der Waals surface area contributed by atoms with Crippen LogP contribution < -0.4 is 14.4 Å². The average molecular weight is 280 g/mol. The molecule has 0 atom stereocenters. The number of ether oxygens (including phenoxy) is 2. The largest absolute Gasteiger partial charge is 0.478 e. The van der Waals surface area contributed by atoms with Crippen molar-refractivity contribution >= 4 is 5.95 Å². The Balaban J connectivity index is 2.27. The molecule has 0 spiro atoms. The molecule has 2 heterocycles. The van der Waals surface area contributed by atoms with Gasteiger partial charge in [-0.1, -0.05) is 0 Å². The van der Waals surface area contributed by atoms with Gasteiger partial charge in [-0.15, -0.1) is 0 Å². The van der Waals surface area contributed by atoms with E-state index in [1.54, 1.807) is 0 Å². The van der Waals surface area contributed by atoms with Crippen molar-refractivity contribution < 1.29 is 9.47 Å². The van der Waals surface area contributed by atoms with Crippen LogP contribution in [0.25, 0.3) is 0 Å². The molecule has 6 nitrogen and oxygen atoms in total. The van der Waals surface area contributed by atoms with Crippen molar-refractivity contribution in [3.05, 3.63) is 5.56 Å². The maximum Gasteiger partial charge on any atom is 0.232 e. The number of hydrogen-bond donors (Lipinski definition) is 0. The summed E-state index contributed by atoms with van der Waals surface area (Å²) in [4.78, 5) is 13.6. The third-order valence-electron chi connectivity index (χ3n) is 3.39. The highest BCUT2D eigenvalue weighted by molar-refractivity contribution is 5.43. The second kappa shape index (κ2) is 6.74. The van der Waals surface area contributed by atoms with Gasteiger partial charge in [0.1, 0.15) is 0 Å². The van der Waals surface area contributed by atoms with Gasteiger partial charge < -0.3 is 19.3 Å². The molecule has 0 aromatic carbocycles. The lowest BCUT2D eigenvalue weighted by Crippen LogP contribution is -2.45. The van der Waals surface area contributed by atoms with Crippen LogP contribution >= 0.6 is 0 Å². The van der Waals surface area contributed by atoms with E-state index in [9.17, 15) is 0 Å². The van der Waals surface area contributed by atoms with Crippen LogP contribution in [0.2, 0.25) is 0 Å². The van der Waals surface area contributed by atoms with E-state index in [1.165, 1.54) is 0 Å². The van der Waals surface area contributed by atoms with Crippen molar-refractivity contribution in [3.8, 4) is 11.8 Å². The van der Waals surface area contributed by atoms with E-state index in [4.69, 9.17) is 9.47 Å². The quantitative estimate of drug-likeness (QED) is 0.811. The van der Waals surface area contributed by atoms with Crippen LogP contribution in [0.15, 0.2) is 0 Å². The van der Waals surface area contributed by atoms with E-state index in [1.807, 2.05) is 20.8 Å². The van der Waals surface area contributed by atoms with Gasteiger partial charge >= 0.3 is 0 Å². The van der Waals surface area contributed by atoms with Crippen molar-refractivity contribution in [2.24, 2.45) is 0 Å². The molecule has 1 aliphatic rings. The van der Waals surface area contributed by atoms with E-state index in [0.29, 0.717) is 30.9 Å². The fourth-order valence-corrected chi connectivity index (χ4v) is 2.17. The van der Waals surface area contributed by atoms with E-state index in [0.717, 1.165) is 31.7 Å². The fraction of sp³-hybridized carbons (Fsp3) is 0.714. The lowest BCUT2D eigenvalue weighted by molar-refractivity contribution is 0.294. The van der Waals surface area contributed by atoms with E-state index in [-0.39, 0.29) is 0 Å². The van der Waals surface area contributed by atoms with Crippen molar-refractivity contribution in [2.75, 3.05) is 51.3 Å². The molecule has 0 N–H and O–H groups in total. The summed E-state index contributed by atoms with van der Waals surface area (Å²) in [6, 6.07) is 0. The molecule has 0 aliphatic carbocycles. The van der Waals surface area contributed by atoms with Crippen LogP contribution in [-0.2, 0) is 0 Å². The van der Waals surface area contributed by atoms with E-state index >= 15 is 0 Å². The normalized spacial score (nSPS) is 16.3. The Morgan fingerprint density at radius 1 is 0.950 bits per heavy atom. The van der Waals surface area contributed by atoms with Crippen LogP contribution in [0.4, 0.5) is 5.95 Å². The van der Waals surface area contributed by atoms with Crippen LogP contribution in [0.5, 0.6) is 11.8 Å². The summed E-state index contributed by atoms with van der Waals surface area (Å²) in [5.41, 5.74) is 0.867. The molecule has 0 amide bonds. The zero-order chi connectivity index (χ0) is 14.5. The van der Waals surface area contributed by atoms with Crippen molar-refractivity contribution in [3.63, 3.8) is 0 Å². The molecular formula is C14H24N4O2. The smallest absolute Gasteiger partial charge is 0.232 e. The van der Waals surface area contributed by atoms with Gasteiger partial charge in [0, 0.05) is 26.2 Å². The Kier molecular flexibility index (Phi) is 5.00. The van der Waals surface area contributed by atoms with Crippen LogP contribution in [-0.4, -0.2) is 61.3 Å². The number of aromatic nitrogens is 2. The molecular weight excluding hydrogens is 256 g/mol. The standard InChI is InChI=1S/C14H24N4O2/c1-5-19-12-11(3)13(20-6-2)16-14(15-12)18-9-7-17(4)8-10-18/h5-10H2,1-4H3. The molecule has 0 radical (unpaired) electrons. The molecule has 1 aromatic heterocycles. The first-order chi connectivity index (χ1) is 9.65. The number of hydrogen-bond acceptors (Lipinski definition) is 6. The first-order valence-electron chi connectivity index (χ1n) is 7.23. The summed E-state index contributed by atoms with van der Waals surface area (Å²) in [6.07, 6.45) is 0. The summed E-state index contributed by atoms with van der Waals surface area (Å²) in [5.74, 6) is 1.95. The van der Waals surface area contributed by atoms with Gasteiger partial charge in [0.15, 0.2) is 0 Å². The summed E-state index contributed by atoms with van der Waals surface area (Å²) in [6.45, 7) is 10.9. The highest BCUT2D eigenvalue weighted by atomic mass is 16.5. The van der Waals surface area contributed by atoms with Gasteiger partial charge in [-0.05, 0) is 27.8 Å².